The van der Waals surface area contributed by atoms with E-state index in [4.69, 9.17) is 5.73 Å². The smallest absolute Gasteiger partial charge is 0.359 e. The fourth-order valence-electron chi connectivity index (χ4n) is 1.46. The Hall–Kier alpha value is -2.22. The van der Waals surface area contributed by atoms with E-state index in [0.717, 1.165) is 0 Å². The van der Waals surface area contributed by atoms with Crippen molar-refractivity contribution < 1.29 is 14.6 Å². The van der Waals surface area contributed by atoms with Crippen LogP contribution in [0.25, 0.3) is 11.2 Å². The maximum atomic E-state index is 11.5. The van der Waals surface area contributed by atoms with E-state index in [9.17, 15) is 9.90 Å². The van der Waals surface area contributed by atoms with Gasteiger partial charge in [-0.3, -0.25) is 4.57 Å². The maximum Gasteiger partial charge on any atom is 0.359 e. The third kappa shape index (κ3) is 1.58. The van der Waals surface area contributed by atoms with E-state index in [2.05, 4.69) is 19.7 Å². The number of aromatic nitrogens is 4. The number of methoxy groups -OCH3 is 1. The number of hydrogen-bond acceptors (Lipinski definition) is 7. The lowest BCUT2D eigenvalue weighted by atomic mass is 10.2. The van der Waals surface area contributed by atoms with Crippen LogP contribution in [-0.4, -0.2) is 37.7 Å². The van der Waals surface area contributed by atoms with Crippen LogP contribution in [0, 0.1) is 0 Å². The van der Waals surface area contributed by atoms with Crippen molar-refractivity contribution in [2.75, 3.05) is 12.8 Å². The van der Waals surface area contributed by atoms with Crippen LogP contribution in [0.5, 0.6) is 0 Å². The number of nitrogen functional groups attached to an aromatic ring is 1. The normalized spacial score (nSPS) is 14.5. The fourth-order valence-corrected chi connectivity index (χ4v) is 1.46. The zero-order valence-electron chi connectivity index (χ0n) is 9.28. The van der Waals surface area contributed by atoms with Crippen molar-refractivity contribution in [2.45, 2.75) is 12.6 Å². The second-order valence-electron chi connectivity index (χ2n) is 3.56. The highest BCUT2D eigenvalue weighted by Crippen LogP contribution is 2.22. The van der Waals surface area contributed by atoms with Gasteiger partial charge < -0.3 is 15.6 Å². The number of nitrogens with zero attached hydrogens (tertiary/aromatic N) is 4. The van der Waals surface area contributed by atoms with Crippen molar-refractivity contribution >= 4 is 23.0 Å². The molecule has 3 N–H and O–H groups in total. The van der Waals surface area contributed by atoms with Crippen LogP contribution in [-0.2, 0) is 15.3 Å². The summed E-state index contributed by atoms with van der Waals surface area (Å²) >= 11 is 0. The Morgan fingerprint density at radius 1 is 1.53 bits per heavy atom. The molecule has 0 radical (unpaired) electrons. The molecule has 0 aliphatic rings. The Balaban J connectivity index is 2.64. The Kier molecular flexibility index (Phi) is 2.43. The number of anilines is 1. The highest BCUT2D eigenvalue weighted by atomic mass is 16.5. The molecule has 8 nitrogen and oxygen atoms in total. The first-order valence-electron chi connectivity index (χ1n) is 4.73. The number of hydrogen-bond donors (Lipinski definition) is 2. The molecule has 0 fully saturated rings. The second kappa shape index (κ2) is 3.67. The van der Waals surface area contributed by atoms with E-state index < -0.39 is 11.7 Å². The zero-order valence-corrected chi connectivity index (χ0v) is 9.28. The monoisotopic (exact) mass is 237 g/mol. The number of carbonyl (C=O) groups excluding carboxylic acids is 1. The van der Waals surface area contributed by atoms with Crippen LogP contribution in [0.3, 0.4) is 0 Å². The first kappa shape index (κ1) is 11.3. The highest BCUT2D eigenvalue weighted by Gasteiger charge is 2.35. The highest BCUT2D eigenvalue weighted by molar-refractivity contribution is 5.84. The van der Waals surface area contributed by atoms with Gasteiger partial charge in [0.15, 0.2) is 11.5 Å². The number of nitrogens with two attached hydrogens (primary N) is 1. The van der Waals surface area contributed by atoms with Crippen LogP contribution in [0.15, 0.2) is 12.7 Å². The molecule has 0 amide bonds. The van der Waals surface area contributed by atoms with Gasteiger partial charge in [0.2, 0.25) is 5.72 Å². The van der Waals surface area contributed by atoms with Crippen molar-refractivity contribution in [2.24, 2.45) is 0 Å². The Morgan fingerprint density at radius 2 is 2.24 bits per heavy atom. The summed E-state index contributed by atoms with van der Waals surface area (Å²) in [4.78, 5) is 23.1. The number of aliphatic hydroxyl groups is 1. The molecule has 0 spiro atoms. The topological polar surface area (TPSA) is 116 Å². The van der Waals surface area contributed by atoms with E-state index in [1.165, 1.54) is 31.3 Å². The lowest BCUT2D eigenvalue weighted by Crippen LogP contribution is -2.39. The lowest BCUT2D eigenvalue weighted by molar-refractivity contribution is -0.170. The molecule has 0 bridgehead atoms. The number of esters is 1. The molecule has 90 valence electrons. The third-order valence-corrected chi connectivity index (χ3v) is 2.40. The average molecular weight is 237 g/mol. The van der Waals surface area contributed by atoms with Crippen LogP contribution < -0.4 is 5.73 Å². The molecule has 1 atom stereocenters. The van der Waals surface area contributed by atoms with E-state index in [1.54, 1.807) is 0 Å². The molecule has 0 aliphatic carbocycles. The maximum absolute atomic E-state index is 11.5. The Morgan fingerprint density at radius 3 is 2.88 bits per heavy atom. The molecular weight excluding hydrogens is 226 g/mol. The van der Waals surface area contributed by atoms with Gasteiger partial charge in [-0.1, -0.05) is 0 Å². The Bertz CT molecular complexity index is 577. The minimum absolute atomic E-state index is 0.175. The van der Waals surface area contributed by atoms with Gasteiger partial charge in [0.05, 0.1) is 7.11 Å². The van der Waals surface area contributed by atoms with Gasteiger partial charge in [-0.15, -0.1) is 0 Å². The summed E-state index contributed by atoms with van der Waals surface area (Å²) in [5.41, 5.74) is 4.27. The van der Waals surface area contributed by atoms with Gasteiger partial charge in [0, 0.05) is 0 Å². The molecule has 0 saturated carbocycles. The molecule has 8 heteroatoms. The molecule has 2 aromatic heterocycles. The summed E-state index contributed by atoms with van der Waals surface area (Å²) < 4.78 is 5.68. The summed E-state index contributed by atoms with van der Waals surface area (Å²) in [5, 5.41) is 10.1. The average Bonchev–Trinajstić information content (AvgIpc) is 2.73. The molecule has 1 unspecified atom stereocenters. The van der Waals surface area contributed by atoms with Gasteiger partial charge in [-0.25, -0.2) is 19.7 Å². The first-order chi connectivity index (χ1) is 7.98. The van der Waals surface area contributed by atoms with Crippen molar-refractivity contribution in [1.29, 1.82) is 0 Å². The summed E-state index contributed by atoms with van der Waals surface area (Å²) in [5.74, 6) is -0.650. The molecule has 2 aromatic rings. The van der Waals surface area contributed by atoms with Crippen LogP contribution in [0.1, 0.15) is 6.92 Å². The molecule has 2 heterocycles. The minimum Gasteiger partial charge on any atom is -0.465 e. The van der Waals surface area contributed by atoms with Gasteiger partial charge in [0.25, 0.3) is 0 Å². The quantitative estimate of drug-likeness (QED) is 0.660. The summed E-state index contributed by atoms with van der Waals surface area (Å²) in [7, 11) is 1.18. The standard InChI is InChI=1S/C9H11N5O3/c1-9(16,8(15)17-2)14-4-13-5-6(10)11-3-12-7(5)14/h3-4,16H,1-2H3,(H2,10,11,12). The van der Waals surface area contributed by atoms with E-state index in [1.807, 2.05) is 0 Å². The summed E-state index contributed by atoms with van der Waals surface area (Å²) in [6.45, 7) is 1.28. The molecule has 0 saturated heterocycles. The predicted octanol–water partition coefficient (Wildman–Crippen LogP) is -0.754. The van der Waals surface area contributed by atoms with Gasteiger partial charge >= 0.3 is 5.97 Å². The summed E-state index contributed by atoms with van der Waals surface area (Å²) in [6, 6.07) is 0. The van der Waals surface area contributed by atoms with Crippen molar-refractivity contribution in [3.63, 3.8) is 0 Å². The number of carbonyl (C=O) groups is 1. The zero-order chi connectivity index (χ0) is 12.6. The number of rotatable bonds is 2. The summed E-state index contributed by atoms with van der Waals surface area (Å²) in [6.07, 6.45) is 2.48. The van der Waals surface area contributed by atoms with Crippen molar-refractivity contribution in [3.8, 4) is 0 Å². The molecule has 0 aromatic carbocycles. The van der Waals surface area contributed by atoms with E-state index >= 15 is 0 Å². The van der Waals surface area contributed by atoms with Gasteiger partial charge in [-0.2, -0.15) is 0 Å². The largest absolute Gasteiger partial charge is 0.465 e. The molecule has 0 aliphatic heterocycles. The first-order valence-corrected chi connectivity index (χ1v) is 4.73. The van der Waals surface area contributed by atoms with Crippen LogP contribution in [0.4, 0.5) is 5.82 Å². The SMILES string of the molecule is COC(=O)C(C)(O)n1cnc2c(N)ncnc21. The Labute approximate surface area is 96.1 Å². The molecule has 17 heavy (non-hydrogen) atoms. The van der Waals surface area contributed by atoms with Crippen LogP contribution >= 0.6 is 0 Å². The van der Waals surface area contributed by atoms with Crippen molar-refractivity contribution in [1.82, 2.24) is 19.5 Å². The molecule has 2 rings (SSSR count). The van der Waals surface area contributed by atoms with Gasteiger partial charge in [-0.05, 0) is 6.92 Å². The number of imidazole rings is 1. The second-order valence-corrected chi connectivity index (χ2v) is 3.56. The predicted molar refractivity (Wildman–Crippen MR) is 57.6 cm³/mol. The van der Waals surface area contributed by atoms with E-state index in [0.29, 0.717) is 5.52 Å². The third-order valence-electron chi connectivity index (χ3n) is 2.40. The fraction of sp³-hybridized carbons (Fsp3) is 0.333. The van der Waals surface area contributed by atoms with Crippen LogP contribution in [0.2, 0.25) is 0 Å². The van der Waals surface area contributed by atoms with Crippen molar-refractivity contribution in [3.05, 3.63) is 12.7 Å². The minimum atomic E-state index is -1.90. The lowest BCUT2D eigenvalue weighted by Gasteiger charge is -2.21. The molecular formula is C9H11N5O3. The number of fused-ring (bicyclic) bond motifs is 1. The van der Waals surface area contributed by atoms with Gasteiger partial charge in [0.1, 0.15) is 18.2 Å². The van der Waals surface area contributed by atoms with E-state index in [-0.39, 0.29) is 11.5 Å². The number of ether oxygens (including phenoxy) is 1.